The van der Waals surface area contributed by atoms with Crippen molar-refractivity contribution >= 4 is 89.6 Å². The van der Waals surface area contributed by atoms with E-state index in [0.29, 0.717) is 111 Å². The fraction of sp³-hybridized carbons (Fsp3) is 0.393. The summed E-state index contributed by atoms with van der Waals surface area (Å²) in [5.41, 5.74) is 6.33. The number of morpholine rings is 1. The van der Waals surface area contributed by atoms with Crippen molar-refractivity contribution in [2.45, 2.75) is 124 Å². The summed E-state index contributed by atoms with van der Waals surface area (Å²) in [6.45, 7) is 26.9. The molecule has 0 atom stereocenters. The molecular formula is C61H71Cl2N13O7Si2. The second kappa shape index (κ2) is 23.9. The van der Waals surface area contributed by atoms with E-state index in [1.165, 1.54) is 0 Å². The fourth-order valence-corrected chi connectivity index (χ4v) is 12.0. The highest BCUT2D eigenvalue weighted by molar-refractivity contribution is 6.76. The van der Waals surface area contributed by atoms with E-state index in [0.717, 1.165) is 45.8 Å². The molecule has 85 heavy (non-hydrogen) atoms. The molecule has 4 aromatic carbocycles. The summed E-state index contributed by atoms with van der Waals surface area (Å²) in [5, 5.41) is 10.2. The molecular weight excluding hydrogens is 1150 g/mol. The minimum Gasteiger partial charge on any atom is -0.456 e. The van der Waals surface area contributed by atoms with Crippen LogP contribution in [0.3, 0.4) is 0 Å². The normalized spacial score (nSPS) is 14.1. The number of fused-ring (bicyclic) bond motifs is 4. The Morgan fingerprint density at radius 1 is 0.635 bits per heavy atom. The summed E-state index contributed by atoms with van der Waals surface area (Å²) in [7, 11) is -2.48. The maximum absolute atomic E-state index is 13.7. The number of rotatable bonds is 20. The number of aromatic nitrogens is 12. The molecule has 0 spiro atoms. The molecule has 1 saturated heterocycles. The van der Waals surface area contributed by atoms with Crippen molar-refractivity contribution in [3.05, 3.63) is 120 Å². The molecule has 10 aromatic rings. The molecule has 444 valence electrons. The van der Waals surface area contributed by atoms with Gasteiger partial charge in [-0.3, -0.25) is 19.3 Å². The predicted molar refractivity (Wildman–Crippen MR) is 335 cm³/mol. The van der Waals surface area contributed by atoms with E-state index in [9.17, 15) is 4.79 Å². The topological polar surface area (TPSA) is 199 Å². The molecule has 24 heteroatoms. The van der Waals surface area contributed by atoms with Gasteiger partial charge < -0.3 is 42.5 Å². The predicted octanol–water partition coefficient (Wildman–Crippen LogP) is 13.8. The van der Waals surface area contributed by atoms with E-state index in [2.05, 4.69) is 48.4 Å². The molecule has 11 rings (SSSR count). The fourth-order valence-electron chi connectivity index (χ4n) is 10.0. The molecule has 0 radical (unpaired) electrons. The number of carbonyl (C=O) groups excluding carboxylic acids is 1. The summed E-state index contributed by atoms with van der Waals surface area (Å²) in [4.78, 5) is 44.3. The van der Waals surface area contributed by atoms with Crippen molar-refractivity contribution in [3.8, 4) is 45.5 Å². The summed E-state index contributed by atoms with van der Waals surface area (Å²) < 4.78 is 45.3. The monoisotopic (exact) mass is 1220 g/mol. The molecule has 1 amide bonds. The van der Waals surface area contributed by atoms with Crippen LogP contribution in [-0.4, -0.2) is 130 Å². The Labute approximate surface area is 505 Å². The Morgan fingerprint density at radius 3 is 1.54 bits per heavy atom. The largest absolute Gasteiger partial charge is 0.456 e. The van der Waals surface area contributed by atoms with Crippen LogP contribution < -0.4 is 9.47 Å². The number of nitrogens with zero attached hydrogens (tertiary/aromatic N) is 13. The van der Waals surface area contributed by atoms with Crippen LogP contribution in [0.1, 0.15) is 32.4 Å². The molecule has 1 aliphatic heterocycles. The first-order valence-electron chi connectivity index (χ1n) is 28.5. The number of amides is 1. The van der Waals surface area contributed by atoms with Gasteiger partial charge in [-0.05, 0) is 95.2 Å². The van der Waals surface area contributed by atoms with Crippen molar-refractivity contribution < 1.29 is 33.2 Å². The van der Waals surface area contributed by atoms with Gasteiger partial charge in [-0.25, -0.2) is 24.7 Å². The van der Waals surface area contributed by atoms with E-state index < -0.39 is 33.4 Å². The Kier molecular flexibility index (Phi) is 16.7. The number of benzene rings is 4. The maximum Gasteiger partial charge on any atom is 0.410 e. The van der Waals surface area contributed by atoms with E-state index in [1.54, 1.807) is 51.2 Å². The molecule has 0 bridgehead atoms. The molecule has 0 aliphatic carbocycles. The number of hydrogen-bond donors (Lipinski definition) is 0. The molecule has 0 saturated carbocycles. The van der Waals surface area contributed by atoms with Crippen LogP contribution in [0.5, 0.6) is 23.0 Å². The zero-order valence-electron chi connectivity index (χ0n) is 49.9. The van der Waals surface area contributed by atoms with Gasteiger partial charge in [0, 0.05) is 71.6 Å². The van der Waals surface area contributed by atoms with Crippen LogP contribution in [0.2, 0.25) is 61.4 Å². The summed E-state index contributed by atoms with van der Waals surface area (Å²) in [6, 6.07) is 20.9. The highest BCUT2D eigenvalue weighted by atomic mass is 35.5. The SMILES string of the molecule is Cc1nc2ccc(Oc3ccc4ncc(-c5cnn(CC6(Cn7cc(-c8cnc9ccc(Oc%10ccc%11nc(C)n(COCC[Si](C)(C)C)c%11c%10)c(Cl)c9n8)cn7)CN(C(=O)OC(C)(C)C)CCO6)c5)nc4c3Cl)cc2n1COCC[Si](C)(C)C. The zero-order valence-corrected chi connectivity index (χ0v) is 53.5. The first-order chi connectivity index (χ1) is 40.4. The minimum absolute atomic E-state index is 0.178. The first kappa shape index (κ1) is 59.4. The van der Waals surface area contributed by atoms with Crippen LogP contribution in [-0.2, 0) is 45.5 Å². The number of imidazole rings is 2. The zero-order chi connectivity index (χ0) is 60.0. The molecule has 6 aromatic heterocycles. The summed E-state index contributed by atoms with van der Waals surface area (Å²) >= 11 is 14.2. The van der Waals surface area contributed by atoms with Gasteiger partial charge in [0.05, 0.1) is 95.5 Å². The van der Waals surface area contributed by atoms with Crippen molar-refractivity contribution in [2.24, 2.45) is 0 Å². The first-order valence-corrected chi connectivity index (χ1v) is 36.6. The van der Waals surface area contributed by atoms with E-state index in [4.69, 9.17) is 91.7 Å². The number of carbonyl (C=O) groups is 1. The molecule has 0 unspecified atom stereocenters. The average Bonchev–Trinajstić information content (AvgIpc) is 3.40. The lowest BCUT2D eigenvalue weighted by molar-refractivity contribution is -0.127. The molecule has 7 heterocycles. The number of halogens is 2. The second-order valence-corrected chi connectivity index (χ2v) is 37.2. The third kappa shape index (κ3) is 13.9. The van der Waals surface area contributed by atoms with E-state index in [-0.39, 0.29) is 26.2 Å². The number of ether oxygens (including phenoxy) is 6. The molecule has 1 fully saturated rings. The van der Waals surface area contributed by atoms with Crippen molar-refractivity contribution in [1.82, 2.24) is 63.5 Å². The highest BCUT2D eigenvalue weighted by Gasteiger charge is 2.41. The molecule has 0 N–H and O–H groups in total. The second-order valence-electron chi connectivity index (χ2n) is 25.2. The average molecular weight is 1230 g/mol. The van der Waals surface area contributed by atoms with Gasteiger partial charge in [-0.1, -0.05) is 62.5 Å². The van der Waals surface area contributed by atoms with Crippen LogP contribution in [0.25, 0.3) is 66.6 Å². The Hall–Kier alpha value is -7.32. The smallest absolute Gasteiger partial charge is 0.410 e. The van der Waals surface area contributed by atoms with Gasteiger partial charge in [0.1, 0.15) is 80.4 Å². The number of aryl methyl sites for hydroxylation is 2. The standard InChI is InChI=1S/C61H71Cl2N13O7Si2/c1-39-68-45-14-12-43(26-51(45)75(39)37-78-22-24-84(6,7)8)81-53-18-16-47-57(55(53)62)70-49(30-64-47)41-28-66-73(32-41)35-61(34-72(20-21-80-61)59(77)83-60(3,4)5)36-74-33-42(29-67-74)50-31-65-48-17-19-54(56(63)58(48)71-50)82-44-13-15-46-52(27-44)76(40(2)69-46)38-79-23-25-85(9,10)11/h12-19,26-33H,20-25,34-38H2,1-11H3. The Balaban J connectivity index is 0.820. The van der Waals surface area contributed by atoms with Crippen LogP contribution in [0.4, 0.5) is 4.79 Å². The van der Waals surface area contributed by atoms with Crippen LogP contribution in [0, 0.1) is 13.8 Å². The van der Waals surface area contributed by atoms with Crippen molar-refractivity contribution in [2.75, 3.05) is 32.9 Å². The van der Waals surface area contributed by atoms with Gasteiger partial charge in [0.25, 0.3) is 0 Å². The lowest BCUT2D eigenvalue weighted by Gasteiger charge is -2.42. The van der Waals surface area contributed by atoms with Gasteiger partial charge >= 0.3 is 6.09 Å². The number of hydrogen-bond acceptors (Lipinski definition) is 15. The van der Waals surface area contributed by atoms with Crippen molar-refractivity contribution in [1.29, 1.82) is 0 Å². The van der Waals surface area contributed by atoms with Crippen molar-refractivity contribution in [3.63, 3.8) is 0 Å². The van der Waals surface area contributed by atoms with Gasteiger partial charge in [-0.15, -0.1) is 0 Å². The molecule has 20 nitrogen and oxygen atoms in total. The summed E-state index contributed by atoms with van der Waals surface area (Å²) in [6.07, 6.45) is 10.1. The summed E-state index contributed by atoms with van der Waals surface area (Å²) in [5.74, 6) is 3.73. The van der Waals surface area contributed by atoms with Gasteiger partial charge in [0.2, 0.25) is 0 Å². The third-order valence-electron chi connectivity index (χ3n) is 14.6. The van der Waals surface area contributed by atoms with E-state index in [1.807, 2.05) is 95.5 Å². The third-order valence-corrected chi connectivity index (χ3v) is 18.7. The highest BCUT2D eigenvalue weighted by Crippen LogP contribution is 2.39. The minimum atomic E-state index is -1.24. The quantitative estimate of drug-likeness (QED) is 0.0515. The lowest BCUT2D eigenvalue weighted by atomic mass is 10.0. The van der Waals surface area contributed by atoms with Gasteiger partial charge in [-0.2, -0.15) is 10.2 Å². The van der Waals surface area contributed by atoms with E-state index >= 15 is 0 Å². The van der Waals surface area contributed by atoms with Crippen LogP contribution >= 0.6 is 23.2 Å². The maximum atomic E-state index is 13.7. The van der Waals surface area contributed by atoms with Gasteiger partial charge in [0.15, 0.2) is 0 Å². The Morgan fingerprint density at radius 2 is 1.09 bits per heavy atom. The van der Waals surface area contributed by atoms with Crippen LogP contribution in [0.15, 0.2) is 97.8 Å². The molecule has 1 aliphatic rings. The lowest BCUT2D eigenvalue weighted by Crippen LogP contribution is -2.58. The Bertz CT molecular complexity index is 3870.